The SMILES string of the molecule is CN1CCN(c2cccc(N)c2)CC1.CN1CCN(c2cccc([N+](=O)[O-])c2)CC1. The van der Waals surface area contributed by atoms with Crippen LogP contribution < -0.4 is 15.5 Å². The summed E-state index contributed by atoms with van der Waals surface area (Å²) < 4.78 is 0. The van der Waals surface area contributed by atoms with Crippen molar-refractivity contribution >= 4 is 22.7 Å². The molecule has 4 rings (SSSR count). The monoisotopic (exact) mass is 412 g/mol. The van der Waals surface area contributed by atoms with Crippen molar-refractivity contribution in [1.82, 2.24) is 9.80 Å². The second kappa shape index (κ2) is 10.3. The Bertz CT molecular complexity index is 830. The average Bonchev–Trinajstić information content (AvgIpc) is 2.75. The van der Waals surface area contributed by atoms with E-state index in [0.29, 0.717) is 0 Å². The molecule has 8 heteroatoms. The minimum absolute atomic E-state index is 0.163. The molecule has 0 radical (unpaired) electrons. The summed E-state index contributed by atoms with van der Waals surface area (Å²) in [5, 5.41) is 10.7. The van der Waals surface area contributed by atoms with Gasteiger partial charge in [-0.05, 0) is 38.4 Å². The Labute approximate surface area is 178 Å². The number of non-ortho nitro benzene ring substituents is 1. The highest BCUT2D eigenvalue weighted by Gasteiger charge is 2.16. The number of nitrogens with zero attached hydrogens (tertiary/aromatic N) is 5. The Morgan fingerprint density at radius 1 is 0.767 bits per heavy atom. The lowest BCUT2D eigenvalue weighted by Crippen LogP contribution is -2.44. The van der Waals surface area contributed by atoms with Crippen LogP contribution in [0.2, 0.25) is 0 Å². The molecule has 0 spiro atoms. The van der Waals surface area contributed by atoms with Crippen molar-refractivity contribution < 1.29 is 4.92 Å². The predicted molar refractivity (Wildman–Crippen MR) is 123 cm³/mol. The van der Waals surface area contributed by atoms with Gasteiger partial charge in [0, 0.05) is 81.6 Å². The second-order valence-electron chi connectivity index (χ2n) is 7.95. The minimum Gasteiger partial charge on any atom is -0.399 e. The zero-order valence-corrected chi connectivity index (χ0v) is 17.9. The molecule has 2 aromatic carbocycles. The fourth-order valence-corrected chi connectivity index (χ4v) is 3.65. The zero-order chi connectivity index (χ0) is 21.5. The minimum atomic E-state index is -0.348. The normalized spacial score (nSPS) is 17.9. The molecule has 2 N–H and O–H groups in total. The van der Waals surface area contributed by atoms with Crippen molar-refractivity contribution in [1.29, 1.82) is 0 Å². The van der Waals surface area contributed by atoms with Gasteiger partial charge in [0.2, 0.25) is 0 Å². The van der Waals surface area contributed by atoms with Crippen LogP contribution in [-0.2, 0) is 0 Å². The Kier molecular flexibility index (Phi) is 7.48. The van der Waals surface area contributed by atoms with Gasteiger partial charge in [-0.1, -0.05) is 12.1 Å². The van der Waals surface area contributed by atoms with Gasteiger partial charge in [-0.25, -0.2) is 0 Å². The molecular weight excluding hydrogens is 380 g/mol. The van der Waals surface area contributed by atoms with E-state index in [9.17, 15) is 10.1 Å². The molecule has 0 bridgehead atoms. The van der Waals surface area contributed by atoms with E-state index >= 15 is 0 Å². The van der Waals surface area contributed by atoms with Crippen molar-refractivity contribution in [3.05, 3.63) is 58.6 Å². The van der Waals surface area contributed by atoms with Crippen molar-refractivity contribution in [2.45, 2.75) is 0 Å². The summed E-state index contributed by atoms with van der Waals surface area (Å²) in [6, 6.07) is 15.0. The van der Waals surface area contributed by atoms with E-state index in [1.807, 2.05) is 24.3 Å². The summed E-state index contributed by atoms with van der Waals surface area (Å²) in [6.45, 7) is 8.32. The van der Waals surface area contributed by atoms with E-state index in [0.717, 1.165) is 63.7 Å². The highest BCUT2D eigenvalue weighted by atomic mass is 16.6. The van der Waals surface area contributed by atoms with Gasteiger partial charge in [-0.3, -0.25) is 10.1 Å². The summed E-state index contributed by atoms with van der Waals surface area (Å²) in [5.74, 6) is 0. The molecule has 2 aliphatic heterocycles. The van der Waals surface area contributed by atoms with Gasteiger partial charge < -0.3 is 25.3 Å². The van der Waals surface area contributed by atoms with E-state index in [2.05, 4.69) is 39.8 Å². The first kappa shape index (κ1) is 21.9. The van der Waals surface area contributed by atoms with Crippen LogP contribution in [-0.4, -0.2) is 81.2 Å². The Morgan fingerprint density at radius 2 is 1.23 bits per heavy atom. The predicted octanol–water partition coefficient (Wildman–Crippen LogP) is 2.37. The molecule has 30 heavy (non-hydrogen) atoms. The van der Waals surface area contributed by atoms with Crippen molar-refractivity contribution in [2.24, 2.45) is 0 Å². The molecule has 0 amide bonds. The number of benzene rings is 2. The third kappa shape index (κ3) is 6.08. The van der Waals surface area contributed by atoms with E-state index in [4.69, 9.17) is 5.73 Å². The lowest BCUT2D eigenvalue weighted by molar-refractivity contribution is -0.384. The van der Waals surface area contributed by atoms with Crippen LogP contribution in [0.3, 0.4) is 0 Å². The topological polar surface area (TPSA) is 82.1 Å². The summed E-state index contributed by atoms with van der Waals surface area (Å²) >= 11 is 0. The van der Waals surface area contributed by atoms with E-state index in [1.54, 1.807) is 12.1 Å². The maximum Gasteiger partial charge on any atom is 0.271 e. The van der Waals surface area contributed by atoms with Gasteiger partial charge in [0.15, 0.2) is 0 Å². The van der Waals surface area contributed by atoms with Crippen LogP contribution in [0.1, 0.15) is 0 Å². The number of piperazine rings is 2. The quantitative estimate of drug-likeness (QED) is 0.471. The third-order valence-electron chi connectivity index (χ3n) is 5.65. The molecule has 0 saturated carbocycles. The molecule has 162 valence electrons. The van der Waals surface area contributed by atoms with Gasteiger partial charge in [-0.2, -0.15) is 0 Å². The molecule has 2 fully saturated rings. The third-order valence-corrected chi connectivity index (χ3v) is 5.65. The number of rotatable bonds is 3. The number of hydrogen-bond donors (Lipinski definition) is 1. The first-order valence-electron chi connectivity index (χ1n) is 10.4. The maximum atomic E-state index is 10.7. The van der Waals surface area contributed by atoms with Crippen LogP contribution in [0.4, 0.5) is 22.7 Å². The lowest BCUT2D eigenvalue weighted by atomic mass is 10.2. The molecule has 0 unspecified atom stereocenters. The van der Waals surface area contributed by atoms with E-state index in [1.165, 1.54) is 11.8 Å². The highest BCUT2D eigenvalue weighted by Crippen LogP contribution is 2.22. The number of nitrogens with two attached hydrogens (primary N) is 1. The number of likely N-dealkylation sites (N-methyl/N-ethyl adjacent to an activating group) is 2. The molecule has 2 aromatic rings. The number of anilines is 3. The zero-order valence-electron chi connectivity index (χ0n) is 17.9. The van der Waals surface area contributed by atoms with Crippen LogP contribution in [0.25, 0.3) is 0 Å². The maximum absolute atomic E-state index is 10.7. The summed E-state index contributed by atoms with van der Waals surface area (Å²) in [7, 11) is 4.25. The molecule has 0 aliphatic carbocycles. The van der Waals surface area contributed by atoms with Crippen LogP contribution in [0.15, 0.2) is 48.5 Å². The van der Waals surface area contributed by atoms with E-state index < -0.39 is 0 Å². The van der Waals surface area contributed by atoms with Gasteiger partial charge in [0.25, 0.3) is 5.69 Å². The van der Waals surface area contributed by atoms with Crippen LogP contribution in [0.5, 0.6) is 0 Å². The van der Waals surface area contributed by atoms with E-state index in [-0.39, 0.29) is 10.6 Å². The summed E-state index contributed by atoms with van der Waals surface area (Å²) in [5.41, 5.74) is 8.96. The fraction of sp³-hybridized carbons (Fsp3) is 0.455. The molecule has 2 saturated heterocycles. The van der Waals surface area contributed by atoms with Gasteiger partial charge in [-0.15, -0.1) is 0 Å². The number of nitro groups is 1. The lowest BCUT2D eigenvalue weighted by Gasteiger charge is -2.34. The summed E-state index contributed by atoms with van der Waals surface area (Å²) in [6.07, 6.45) is 0. The van der Waals surface area contributed by atoms with Gasteiger partial charge in [0.1, 0.15) is 0 Å². The summed E-state index contributed by atoms with van der Waals surface area (Å²) in [4.78, 5) is 19.5. The van der Waals surface area contributed by atoms with Crippen LogP contribution >= 0.6 is 0 Å². The number of hydrogen-bond acceptors (Lipinski definition) is 7. The fourth-order valence-electron chi connectivity index (χ4n) is 3.65. The molecule has 0 atom stereocenters. The molecule has 2 aliphatic rings. The Hall–Kier alpha value is -2.84. The first-order chi connectivity index (χ1) is 14.4. The molecule has 0 aromatic heterocycles. The van der Waals surface area contributed by atoms with Gasteiger partial charge in [0.05, 0.1) is 4.92 Å². The average molecular weight is 413 g/mol. The number of nitro benzene ring substituents is 1. The number of nitrogen functional groups attached to an aromatic ring is 1. The Morgan fingerprint density at radius 3 is 1.70 bits per heavy atom. The van der Waals surface area contributed by atoms with Crippen molar-refractivity contribution in [3.63, 3.8) is 0 Å². The second-order valence-corrected chi connectivity index (χ2v) is 7.95. The van der Waals surface area contributed by atoms with Crippen LogP contribution in [0, 0.1) is 10.1 Å². The smallest absolute Gasteiger partial charge is 0.271 e. The van der Waals surface area contributed by atoms with Gasteiger partial charge >= 0.3 is 0 Å². The van der Waals surface area contributed by atoms with Crippen molar-refractivity contribution in [2.75, 3.05) is 82.0 Å². The molecule has 2 heterocycles. The molecule has 8 nitrogen and oxygen atoms in total. The van der Waals surface area contributed by atoms with Crippen molar-refractivity contribution in [3.8, 4) is 0 Å². The first-order valence-corrected chi connectivity index (χ1v) is 10.4. The largest absolute Gasteiger partial charge is 0.399 e. The Balaban J connectivity index is 0.000000172. The standard InChI is InChI=1S/C11H15N3O2.C11H17N3/c1-12-5-7-13(8-6-12)10-3-2-4-11(9-10)14(15)16;1-13-5-7-14(8-6-13)11-4-2-3-10(12)9-11/h2-4,9H,5-8H2,1H3;2-4,9H,5-8,12H2,1H3. The highest BCUT2D eigenvalue weighted by molar-refractivity contribution is 5.56. The molecular formula is C22H32N6O2.